The molecule has 0 amide bonds. The van der Waals surface area contributed by atoms with Gasteiger partial charge >= 0.3 is 0 Å². The molecule has 1 heterocycles. The van der Waals surface area contributed by atoms with Crippen molar-refractivity contribution in [3.05, 3.63) is 231 Å². The average molecular weight is 739 g/mol. The predicted molar refractivity (Wildman–Crippen MR) is 247 cm³/mol. The van der Waals surface area contributed by atoms with Crippen LogP contribution in [0, 0.1) is 0 Å². The lowest BCUT2D eigenvalue weighted by molar-refractivity contribution is 1.19. The van der Waals surface area contributed by atoms with Crippen molar-refractivity contribution in [1.29, 1.82) is 0 Å². The number of anilines is 3. The van der Waals surface area contributed by atoms with Crippen LogP contribution in [0.1, 0.15) is 0 Å². The Balaban J connectivity index is 1.15. The van der Waals surface area contributed by atoms with Gasteiger partial charge in [0.25, 0.3) is 0 Å². The third kappa shape index (κ3) is 5.66. The van der Waals surface area contributed by atoms with Crippen LogP contribution in [0.4, 0.5) is 17.1 Å². The van der Waals surface area contributed by atoms with E-state index in [-0.39, 0.29) is 0 Å². The van der Waals surface area contributed by atoms with E-state index in [2.05, 4.69) is 240 Å². The summed E-state index contributed by atoms with van der Waals surface area (Å²) in [5.74, 6) is 0. The minimum absolute atomic E-state index is 1.09. The first-order valence-electron chi connectivity index (χ1n) is 19.9. The van der Waals surface area contributed by atoms with Crippen LogP contribution in [0.15, 0.2) is 231 Å². The highest BCUT2D eigenvalue weighted by atomic mass is 15.1. The Morgan fingerprint density at radius 3 is 1.48 bits per heavy atom. The van der Waals surface area contributed by atoms with Gasteiger partial charge in [0.2, 0.25) is 0 Å². The largest absolute Gasteiger partial charge is 0.309 e. The molecule has 0 aliphatic rings. The molecule has 2 heteroatoms. The second kappa shape index (κ2) is 14.1. The number of rotatable bonds is 7. The standard InChI is InChI=1S/C56H38N2/c1-2-17-40(18-3-1)48-24-8-12-29-53(48)57(43-35-33-41(34-36-43)46-28-16-21-39-19-4-6-22-45(39)46)56-32-15-11-27-51(56)52-38-44(37-42-20-5-7-23-47(42)52)58-54-30-13-9-25-49(54)50-26-10-14-31-55(50)58/h1-38H. The van der Waals surface area contributed by atoms with E-state index in [4.69, 9.17) is 0 Å². The summed E-state index contributed by atoms with van der Waals surface area (Å²) < 4.78 is 2.43. The fraction of sp³-hybridized carbons (Fsp3) is 0. The minimum atomic E-state index is 1.09. The summed E-state index contributed by atoms with van der Waals surface area (Å²) in [5.41, 5.74) is 13.9. The lowest BCUT2D eigenvalue weighted by Gasteiger charge is -2.30. The molecule has 0 aliphatic carbocycles. The lowest BCUT2D eigenvalue weighted by atomic mass is 9.94. The van der Waals surface area contributed by atoms with Crippen LogP contribution < -0.4 is 4.90 Å². The molecule has 0 atom stereocenters. The van der Waals surface area contributed by atoms with E-state index in [9.17, 15) is 0 Å². The highest BCUT2D eigenvalue weighted by Gasteiger charge is 2.22. The number of hydrogen-bond donors (Lipinski definition) is 0. The Bertz CT molecular complexity index is 3220. The molecule has 0 radical (unpaired) electrons. The van der Waals surface area contributed by atoms with Gasteiger partial charge in [0, 0.05) is 33.3 Å². The topological polar surface area (TPSA) is 8.17 Å². The molecule has 11 rings (SSSR count). The summed E-state index contributed by atoms with van der Waals surface area (Å²) in [4.78, 5) is 2.45. The second-order valence-electron chi connectivity index (χ2n) is 14.9. The maximum Gasteiger partial charge on any atom is 0.0541 e. The predicted octanol–water partition coefficient (Wildman–Crippen LogP) is 15.6. The van der Waals surface area contributed by atoms with Gasteiger partial charge in [0.1, 0.15) is 0 Å². The summed E-state index contributed by atoms with van der Waals surface area (Å²) in [6, 6.07) is 83.8. The Morgan fingerprint density at radius 2 is 0.776 bits per heavy atom. The van der Waals surface area contributed by atoms with Crippen LogP contribution in [0.3, 0.4) is 0 Å². The van der Waals surface area contributed by atoms with Crippen LogP contribution in [-0.2, 0) is 0 Å². The van der Waals surface area contributed by atoms with Crippen molar-refractivity contribution in [2.24, 2.45) is 0 Å². The monoisotopic (exact) mass is 738 g/mol. The average Bonchev–Trinajstić information content (AvgIpc) is 3.64. The van der Waals surface area contributed by atoms with Gasteiger partial charge in [-0.2, -0.15) is 0 Å². The molecule has 272 valence electrons. The molecular formula is C56H38N2. The number of nitrogens with zero attached hydrogens (tertiary/aromatic N) is 2. The van der Waals surface area contributed by atoms with Crippen molar-refractivity contribution in [3.63, 3.8) is 0 Å². The fourth-order valence-corrected chi connectivity index (χ4v) is 8.95. The van der Waals surface area contributed by atoms with Gasteiger partial charge in [0.05, 0.1) is 22.4 Å². The Hall–Kier alpha value is -7.68. The van der Waals surface area contributed by atoms with Crippen LogP contribution in [-0.4, -0.2) is 4.57 Å². The van der Waals surface area contributed by atoms with Gasteiger partial charge in [-0.3, -0.25) is 0 Å². The second-order valence-corrected chi connectivity index (χ2v) is 14.9. The van der Waals surface area contributed by atoms with Crippen LogP contribution >= 0.6 is 0 Å². The molecule has 58 heavy (non-hydrogen) atoms. The van der Waals surface area contributed by atoms with Crippen molar-refractivity contribution in [2.45, 2.75) is 0 Å². The van der Waals surface area contributed by atoms with E-state index in [1.165, 1.54) is 71.2 Å². The fourth-order valence-electron chi connectivity index (χ4n) is 8.95. The number of para-hydroxylation sites is 4. The van der Waals surface area contributed by atoms with Gasteiger partial charge < -0.3 is 9.47 Å². The number of fused-ring (bicyclic) bond motifs is 5. The molecule has 11 aromatic rings. The minimum Gasteiger partial charge on any atom is -0.309 e. The first-order valence-corrected chi connectivity index (χ1v) is 19.9. The van der Waals surface area contributed by atoms with Crippen molar-refractivity contribution in [3.8, 4) is 39.1 Å². The summed E-state index contributed by atoms with van der Waals surface area (Å²) in [6.45, 7) is 0. The first kappa shape index (κ1) is 33.6. The van der Waals surface area contributed by atoms with Crippen LogP contribution in [0.25, 0.3) is 82.4 Å². The van der Waals surface area contributed by atoms with Crippen molar-refractivity contribution < 1.29 is 0 Å². The zero-order valence-corrected chi connectivity index (χ0v) is 31.8. The number of benzene rings is 10. The summed E-state index contributed by atoms with van der Waals surface area (Å²) >= 11 is 0. The smallest absolute Gasteiger partial charge is 0.0541 e. The molecule has 1 aromatic heterocycles. The van der Waals surface area contributed by atoms with E-state index in [0.717, 1.165) is 28.3 Å². The van der Waals surface area contributed by atoms with E-state index < -0.39 is 0 Å². The molecule has 0 saturated heterocycles. The van der Waals surface area contributed by atoms with Gasteiger partial charge in [0.15, 0.2) is 0 Å². The number of hydrogen-bond acceptors (Lipinski definition) is 1. The van der Waals surface area contributed by atoms with Gasteiger partial charge in [-0.15, -0.1) is 0 Å². The third-order valence-corrected chi connectivity index (χ3v) is 11.6. The molecule has 0 aliphatic heterocycles. The Morgan fingerprint density at radius 1 is 0.293 bits per heavy atom. The Kier molecular flexibility index (Phi) is 8.19. The molecule has 0 saturated carbocycles. The van der Waals surface area contributed by atoms with E-state index in [0.29, 0.717) is 0 Å². The Labute approximate surface area is 338 Å². The van der Waals surface area contributed by atoms with Crippen molar-refractivity contribution in [1.82, 2.24) is 4.57 Å². The van der Waals surface area contributed by atoms with E-state index >= 15 is 0 Å². The van der Waals surface area contributed by atoms with Gasteiger partial charge in [-0.25, -0.2) is 0 Å². The van der Waals surface area contributed by atoms with Crippen LogP contribution in [0.2, 0.25) is 0 Å². The maximum atomic E-state index is 2.45. The highest BCUT2D eigenvalue weighted by Crippen LogP contribution is 2.47. The highest BCUT2D eigenvalue weighted by molar-refractivity contribution is 6.10. The maximum absolute atomic E-state index is 2.45. The summed E-state index contributed by atoms with van der Waals surface area (Å²) in [6.07, 6.45) is 0. The molecule has 2 nitrogen and oxygen atoms in total. The van der Waals surface area contributed by atoms with Crippen molar-refractivity contribution in [2.75, 3.05) is 4.90 Å². The first-order chi connectivity index (χ1) is 28.8. The summed E-state index contributed by atoms with van der Waals surface area (Å²) in [5, 5.41) is 7.41. The zero-order valence-electron chi connectivity index (χ0n) is 31.8. The normalized spacial score (nSPS) is 11.4. The van der Waals surface area contributed by atoms with Crippen molar-refractivity contribution >= 4 is 60.4 Å². The lowest BCUT2D eigenvalue weighted by Crippen LogP contribution is -2.12. The third-order valence-electron chi connectivity index (χ3n) is 11.6. The molecule has 0 bridgehead atoms. The van der Waals surface area contributed by atoms with Gasteiger partial charge in [-0.05, 0) is 92.3 Å². The SMILES string of the molecule is c1ccc(-c2ccccc2N(c2ccc(-c3cccc4ccccc34)cc2)c2ccccc2-c2cc(-n3c4ccccc4c4ccccc43)cc3ccccc23)cc1. The van der Waals surface area contributed by atoms with E-state index in [1.54, 1.807) is 0 Å². The molecule has 0 N–H and O–H groups in total. The molecule has 0 spiro atoms. The quantitative estimate of drug-likeness (QED) is 0.158. The van der Waals surface area contributed by atoms with Crippen LogP contribution in [0.5, 0.6) is 0 Å². The van der Waals surface area contributed by atoms with Gasteiger partial charge in [-0.1, -0.05) is 182 Å². The van der Waals surface area contributed by atoms with E-state index in [1.807, 2.05) is 0 Å². The molecule has 0 unspecified atom stereocenters. The summed E-state index contributed by atoms with van der Waals surface area (Å²) in [7, 11) is 0. The molecule has 10 aromatic carbocycles. The number of aromatic nitrogens is 1. The molecule has 0 fully saturated rings. The molecular weight excluding hydrogens is 701 g/mol. The zero-order chi connectivity index (χ0) is 38.4.